The van der Waals surface area contributed by atoms with Crippen molar-refractivity contribution in [2.45, 2.75) is 38.1 Å². The first-order chi connectivity index (χ1) is 17.1. The summed E-state index contributed by atoms with van der Waals surface area (Å²) in [7, 11) is 0. The maximum absolute atomic E-state index is 13.3. The van der Waals surface area contributed by atoms with Crippen molar-refractivity contribution in [3.8, 4) is 11.1 Å². The number of nitrogens with one attached hydrogen (secondary N) is 2. The summed E-state index contributed by atoms with van der Waals surface area (Å²) in [5.41, 5.74) is 16.7. The van der Waals surface area contributed by atoms with Crippen LogP contribution in [0.15, 0.2) is 66.9 Å². The van der Waals surface area contributed by atoms with Gasteiger partial charge in [0, 0.05) is 17.5 Å². The monoisotopic (exact) mass is 468 g/mol. The number of rotatable bonds is 7. The summed E-state index contributed by atoms with van der Waals surface area (Å²) in [6.07, 6.45) is 6.32. The highest BCUT2D eigenvalue weighted by Gasteiger charge is 2.28. The van der Waals surface area contributed by atoms with Gasteiger partial charge in [0.25, 0.3) is 0 Å². The van der Waals surface area contributed by atoms with Crippen molar-refractivity contribution in [2.24, 2.45) is 17.6 Å². The minimum absolute atomic E-state index is 0.0347. The van der Waals surface area contributed by atoms with Gasteiger partial charge in [0.2, 0.25) is 5.91 Å². The molecule has 0 bridgehead atoms. The van der Waals surface area contributed by atoms with Crippen LogP contribution in [0, 0.1) is 11.8 Å². The molecule has 0 unspecified atom stereocenters. The first-order valence-corrected chi connectivity index (χ1v) is 12.3. The first-order valence-electron chi connectivity index (χ1n) is 12.3. The Bertz CT molecular complexity index is 1290. The average molecular weight is 469 g/mol. The summed E-state index contributed by atoms with van der Waals surface area (Å²) in [6.45, 7) is 0.707. The standard InChI is InChI=1S/C28H32N6O/c29-17-19-6-8-20(9-7-19)28(35)32-26(14-18-4-2-1-3-5-18)25-16-22(12-13-31-25)21-10-11-23-24(15-21)33-34-27(23)30/h1-5,10-13,15-16,19-20,26H,6-9,14,17,29H2,(H,32,35)(H3,30,33,34)/t19?,20?,26-/m1/s1. The summed E-state index contributed by atoms with van der Waals surface area (Å²) >= 11 is 0. The van der Waals surface area contributed by atoms with Crippen LogP contribution < -0.4 is 16.8 Å². The lowest BCUT2D eigenvalue weighted by Gasteiger charge is -2.28. The number of carbonyl (C=O) groups is 1. The van der Waals surface area contributed by atoms with E-state index in [0.717, 1.165) is 59.0 Å². The first kappa shape index (κ1) is 23.1. The second-order valence-corrected chi connectivity index (χ2v) is 9.54. The molecule has 1 saturated carbocycles. The zero-order valence-electron chi connectivity index (χ0n) is 19.8. The fourth-order valence-electron chi connectivity index (χ4n) is 5.07. The van der Waals surface area contributed by atoms with E-state index in [1.165, 1.54) is 0 Å². The number of hydrogen-bond acceptors (Lipinski definition) is 5. The number of nitrogens with zero attached hydrogens (tertiary/aromatic N) is 2. The Morgan fingerprint density at radius 2 is 1.80 bits per heavy atom. The van der Waals surface area contributed by atoms with Gasteiger partial charge < -0.3 is 16.8 Å². The van der Waals surface area contributed by atoms with Gasteiger partial charge in [0.15, 0.2) is 5.82 Å². The van der Waals surface area contributed by atoms with Gasteiger partial charge in [-0.1, -0.05) is 36.4 Å². The van der Waals surface area contributed by atoms with E-state index in [0.29, 0.717) is 24.7 Å². The minimum atomic E-state index is -0.219. The summed E-state index contributed by atoms with van der Waals surface area (Å²) in [6, 6.07) is 20.1. The third-order valence-corrected chi connectivity index (χ3v) is 7.21. The fraction of sp³-hybridized carbons (Fsp3) is 0.321. The molecule has 1 aliphatic rings. The molecule has 0 saturated heterocycles. The highest BCUT2D eigenvalue weighted by molar-refractivity contribution is 5.91. The number of hydrogen-bond donors (Lipinski definition) is 4. The van der Waals surface area contributed by atoms with E-state index < -0.39 is 0 Å². The zero-order valence-corrected chi connectivity index (χ0v) is 19.8. The second-order valence-electron chi connectivity index (χ2n) is 9.54. The highest BCUT2D eigenvalue weighted by atomic mass is 16.1. The lowest BCUT2D eigenvalue weighted by molar-refractivity contribution is -0.127. The molecule has 1 amide bonds. The number of carbonyl (C=O) groups excluding carboxylic acids is 1. The normalized spacial score (nSPS) is 18.9. The summed E-state index contributed by atoms with van der Waals surface area (Å²) in [4.78, 5) is 18.0. The number of anilines is 1. The largest absolute Gasteiger partial charge is 0.382 e. The number of nitrogen functional groups attached to an aromatic ring is 1. The van der Waals surface area contributed by atoms with Crippen LogP contribution in [0.3, 0.4) is 0 Å². The molecule has 0 spiro atoms. The van der Waals surface area contributed by atoms with E-state index in [-0.39, 0.29) is 17.9 Å². The van der Waals surface area contributed by atoms with Crippen molar-refractivity contribution >= 4 is 22.6 Å². The zero-order chi connectivity index (χ0) is 24.2. The molecule has 35 heavy (non-hydrogen) atoms. The average Bonchev–Trinajstić information content (AvgIpc) is 3.29. The minimum Gasteiger partial charge on any atom is -0.382 e. The predicted molar refractivity (Wildman–Crippen MR) is 139 cm³/mol. The molecule has 2 aromatic carbocycles. The van der Waals surface area contributed by atoms with E-state index in [1.54, 1.807) is 0 Å². The van der Waals surface area contributed by atoms with Crippen molar-refractivity contribution in [3.05, 3.63) is 78.1 Å². The molecule has 0 aliphatic heterocycles. The van der Waals surface area contributed by atoms with E-state index in [4.69, 9.17) is 11.5 Å². The number of amides is 1. The Morgan fingerprint density at radius 1 is 1.03 bits per heavy atom. The SMILES string of the molecule is NCC1CCC(C(=O)N[C@H](Cc2ccccc2)c2cc(-c3ccc4c(N)n[nH]c4c3)ccn2)CC1. The van der Waals surface area contributed by atoms with Crippen LogP contribution in [0.1, 0.15) is 43.0 Å². The van der Waals surface area contributed by atoms with Crippen LogP contribution in [-0.2, 0) is 11.2 Å². The molecule has 2 aromatic heterocycles. The lowest BCUT2D eigenvalue weighted by atomic mass is 9.81. The third-order valence-electron chi connectivity index (χ3n) is 7.21. The van der Waals surface area contributed by atoms with Crippen molar-refractivity contribution in [3.63, 3.8) is 0 Å². The molecule has 6 N–H and O–H groups in total. The van der Waals surface area contributed by atoms with E-state index in [2.05, 4.69) is 38.7 Å². The van der Waals surface area contributed by atoms with Crippen LogP contribution in [0.4, 0.5) is 5.82 Å². The van der Waals surface area contributed by atoms with Crippen LogP contribution in [0.25, 0.3) is 22.0 Å². The Labute approximate surface area is 205 Å². The smallest absolute Gasteiger partial charge is 0.223 e. The number of H-pyrrole nitrogens is 1. The lowest BCUT2D eigenvalue weighted by Crippen LogP contribution is -2.37. The number of pyridine rings is 1. The quantitative estimate of drug-likeness (QED) is 0.321. The van der Waals surface area contributed by atoms with Gasteiger partial charge in [-0.05, 0) is 85.5 Å². The van der Waals surface area contributed by atoms with Gasteiger partial charge in [-0.2, -0.15) is 5.10 Å². The van der Waals surface area contributed by atoms with Gasteiger partial charge in [-0.15, -0.1) is 0 Å². The van der Waals surface area contributed by atoms with Gasteiger partial charge in [-0.25, -0.2) is 0 Å². The molecule has 5 rings (SSSR count). The molecule has 7 nitrogen and oxygen atoms in total. The van der Waals surface area contributed by atoms with E-state index in [9.17, 15) is 4.79 Å². The van der Waals surface area contributed by atoms with Crippen molar-refractivity contribution in [2.75, 3.05) is 12.3 Å². The maximum atomic E-state index is 13.3. The van der Waals surface area contributed by atoms with Gasteiger partial charge in [-0.3, -0.25) is 14.9 Å². The Morgan fingerprint density at radius 3 is 2.57 bits per heavy atom. The van der Waals surface area contributed by atoms with E-state index >= 15 is 0 Å². The van der Waals surface area contributed by atoms with Crippen LogP contribution in [-0.4, -0.2) is 27.6 Å². The highest BCUT2D eigenvalue weighted by Crippen LogP contribution is 2.30. The van der Waals surface area contributed by atoms with Crippen LogP contribution in [0.5, 0.6) is 0 Å². The molecular formula is C28H32N6O. The summed E-state index contributed by atoms with van der Waals surface area (Å²) in [5, 5.41) is 11.3. The van der Waals surface area contributed by atoms with Crippen LogP contribution in [0.2, 0.25) is 0 Å². The van der Waals surface area contributed by atoms with Gasteiger partial charge in [0.1, 0.15) is 0 Å². The molecule has 1 fully saturated rings. The number of aromatic nitrogens is 3. The van der Waals surface area contributed by atoms with Gasteiger partial charge >= 0.3 is 0 Å². The summed E-state index contributed by atoms with van der Waals surface area (Å²) in [5.74, 6) is 1.18. The van der Waals surface area contributed by atoms with Crippen molar-refractivity contribution < 1.29 is 4.79 Å². The summed E-state index contributed by atoms with van der Waals surface area (Å²) < 4.78 is 0. The fourth-order valence-corrected chi connectivity index (χ4v) is 5.07. The number of aromatic amines is 1. The molecule has 0 radical (unpaired) electrons. The second kappa shape index (κ2) is 10.3. The molecule has 1 aliphatic carbocycles. The topological polar surface area (TPSA) is 123 Å². The molecule has 180 valence electrons. The van der Waals surface area contributed by atoms with Crippen molar-refractivity contribution in [1.29, 1.82) is 0 Å². The Hall–Kier alpha value is -3.71. The van der Waals surface area contributed by atoms with Gasteiger partial charge in [0.05, 0.1) is 17.3 Å². The van der Waals surface area contributed by atoms with Crippen LogP contribution >= 0.6 is 0 Å². The third kappa shape index (κ3) is 5.20. The molecular weight excluding hydrogens is 436 g/mol. The Balaban J connectivity index is 1.41. The van der Waals surface area contributed by atoms with E-state index in [1.807, 2.05) is 48.7 Å². The molecule has 4 aromatic rings. The number of nitrogens with two attached hydrogens (primary N) is 2. The maximum Gasteiger partial charge on any atom is 0.223 e. The molecule has 7 heteroatoms. The number of benzene rings is 2. The predicted octanol–water partition coefficient (Wildman–Crippen LogP) is 4.37. The number of fused-ring (bicyclic) bond motifs is 1. The van der Waals surface area contributed by atoms with Crippen molar-refractivity contribution in [1.82, 2.24) is 20.5 Å². The molecule has 1 atom stereocenters. The molecule has 2 heterocycles. The Kier molecular flexibility index (Phi) is 6.77.